The van der Waals surface area contributed by atoms with Crippen molar-refractivity contribution in [2.24, 2.45) is 23.5 Å². The van der Waals surface area contributed by atoms with Crippen LogP contribution in [0.3, 0.4) is 0 Å². The minimum atomic E-state index is 0.690. The Morgan fingerprint density at radius 1 is 1.33 bits per heavy atom. The number of hydrogen-bond acceptors (Lipinski definition) is 2. The van der Waals surface area contributed by atoms with Gasteiger partial charge in [-0.15, -0.1) is 0 Å². The largest absolute Gasteiger partial charge is 0.330 e. The maximum Gasteiger partial charge on any atom is 0.0129 e. The summed E-state index contributed by atoms with van der Waals surface area (Å²) in [5.41, 5.74) is 5.73. The number of rotatable bonds is 3. The molecule has 1 saturated heterocycles. The van der Waals surface area contributed by atoms with Gasteiger partial charge in [0.15, 0.2) is 0 Å². The zero-order valence-electron chi connectivity index (χ0n) is 10.2. The highest BCUT2D eigenvalue weighted by molar-refractivity contribution is 5.00. The van der Waals surface area contributed by atoms with Crippen molar-refractivity contribution >= 4 is 0 Å². The first-order valence-electron chi connectivity index (χ1n) is 6.74. The third kappa shape index (κ3) is 2.07. The van der Waals surface area contributed by atoms with Gasteiger partial charge in [0.2, 0.25) is 0 Å². The van der Waals surface area contributed by atoms with Gasteiger partial charge in [-0.05, 0) is 50.5 Å². The van der Waals surface area contributed by atoms with Crippen molar-refractivity contribution in [3.05, 3.63) is 0 Å². The summed E-state index contributed by atoms with van der Waals surface area (Å²) in [5, 5.41) is 3.84. The molecule has 2 aliphatic rings. The normalized spacial score (nSPS) is 45.4. The highest BCUT2D eigenvalue weighted by Gasteiger charge is 2.44. The van der Waals surface area contributed by atoms with E-state index in [1.165, 1.54) is 32.1 Å². The van der Waals surface area contributed by atoms with Crippen molar-refractivity contribution in [3.8, 4) is 0 Å². The van der Waals surface area contributed by atoms with Crippen LogP contribution < -0.4 is 11.1 Å². The summed E-state index contributed by atoms with van der Waals surface area (Å²) < 4.78 is 0. The number of nitrogens with two attached hydrogens (primary N) is 1. The van der Waals surface area contributed by atoms with Gasteiger partial charge in [0.25, 0.3) is 0 Å². The topological polar surface area (TPSA) is 38.0 Å². The van der Waals surface area contributed by atoms with Crippen molar-refractivity contribution in [3.63, 3.8) is 0 Å². The van der Waals surface area contributed by atoms with Crippen LogP contribution in [0, 0.1) is 17.8 Å². The first-order valence-corrected chi connectivity index (χ1v) is 6.74. The molecule has 1 aliphatic heterocycles. The lowest BCUT2D eigenvalue weighted by molar-refractivity contribution is 0.192. The van der Waals surface area contributed by atoms with Gasteiger partial charge in [-0.2, -0.15) is 0 Å². The maximum absolute atomic E-state index is 5.73. The van der Waals surface area contributed by atoms with Crippen molar-refractivity contribution in [1.29, 1.82) is 0 Å². The van der Waals surface area contributed by atoms with E-state index < -0.39 is 0 Å². The average molecular weight is 210 g/mol. The summed E-state index contributed by atoms with van der Waals surface area (Å²) >= 11 is 0. The Bertz CT molecular complexity index is 205. The van der Waals surface area contributed by atoms with Crippen LogP contribution in [0.25, 0.3) is 0 Å². The van der Waals surface area contributed by atoms with E-state index in [1.807, 2.05) is 0 Å². The van der Waals surface area contributed by atoms with E-state index in [9.17, 15) is 0 Å². The van der Waals surface area contributed by atoms with E-state index in [0.717, 1.165) is 30.3 Å². The second kappa shape index (κ2) is 4.84. The van der Waals surface area contributed by atoms with Gasteiger partial charge in [-0.25, -0.2) is 0 Å². The van der Waals surface area contributed by atoms with Crippen LogP contribution in [0.1, 0.15) is 46.0 Å². The van der Waals surface area contributed by atoms with Gasteiger partial charge in [0, 0.05) is 12.1 Å². The van der Waals surface area contributed by atoms with Crippen molar-refractivity contribution < 1.29 is 0 Å². The third-order valence-electron chi connectivity index (χ3n) is 4.75. The molecule has 1 aliphatic carbocycles. The lowest BCUT2D eigenvalue weighted by Gasteiger charge is -2.35. The van der Waals surface area contributed by atoms with E-state index in [2.05, 4.69) is 19.2 Å². The molecule has 2 fully saturated rings. The van der Waals surface area contributed by atoms with Crippen LogP contribution in [-0.4, -0.2) is 18.6 Å². The first-order chi connectivity index (χ1) is 7.27. The van der Waals surface area contributed by atoms with Crippen LogP contribution in [0.4, 0.5) is 0 Å². The fourth-order valence-corrected chi connectivity index (χ4v) is 3.98. The van der Waals surface area contributed by atoms with Gasteiger partial charge in [-0.1, -0.05) is 19.8 Å². The summed E-state index contributed by atoms with van der Waals surface area (Å²) in [4.78, 5) is 0. The fourth-order valence-electron chi connectivity index (χ4n) is 3.98. The highest BCUT2D eigenvalue weighted by atomic mass is 15.0. The lowest BCUT2D eigenvalue weighted by Crippen LogP contribution is -2.39. The molecule has 0 amide bonds. The molecular weight excluding hydrogens is 184 g/mol. The Morgan fingerprint density at radius 3 is 2.80 bits per heavy atom. The third-order valence-corrected chi connectivity index (χ3v) is 4.75. The van der Waals surface area contributed by atoms with Crippen molar-refractivity contribution in [2.45, 2.75) is 58.0 Å². The average Bonchev–Trinajstić information content (AvgIpc) is 2.56. The van der Waals surface area contributed by atoms with E-state index >= 15 is 0 Å². The van der Waals surface area contributed by atoms with E-state index in [0.29, 0.717) is 6.04 Å². The van der Waals surface area contributed by atoms with Crippen molar-refractivity contribution in [2.75, 3.05) is 6.54 Å². The first kappa shape index (κ1) is 11.4. The summed E-state index contributed by atoms with van der Waals surface area (Å²) in [6.07, 6.45) is 6.87. The molecule has 0 aromatic carbocycles. The molecule has 0 aromatic rings. The highest BCUT2D eigenvalue weighted by Crippen LogP contribution is 2.42. The molecule has 0 bridgehead atoms. The molecule has 5 atom stereocenters. The Morgan fingerprint density at radius 2 is 2.13 bits per heavy atom. The minimum Gasteiger partial charge on any atom is -0.330 e. The van der Waals surface area contributed by atoms with Crippen LogP contribution >= 0.6 is 0 Å². The zero-order valence-corrected chi connectivity index (χ0v) is 10.2. The standard InChI is InChI=1S/C13H26N2/c1-3-10-5-4-6-12-11(7-8-14)9(2)15-13(10)12/h9-13,15H,3-8,14H2,1-2H3. The van der Waals surface area contributed by atoms with E-state index in [4.69, 9.17) is 5.73 Å². The summed E-state index contributed by atoms with van der Waals surface area (Å²) in [5.74, 6) is 2.69. The zero-order chi connectivity index (χ0) is 10.8. The summed E-state index contributed by atoms with van der Waals surface area (Å²) in [6, 6.07) is 1.49. The van der Waals surface area contributed by atoms with Gasteiger partial charge in [-0.3, -0.25) is 0 Å². The Labute approximate surface area is 94.0 Å². The van der Waals surface area contributed by atoms with Gasteiger partial charge < -0.3 is 11.1 Å². The molecule has 0 aromatic heterocycles. The molecule has 0 radical (unpaired) electrons. The van der Waals surface area contributed by atoms with Crippen LogP contribution in [-0.2, 0) is 0 Å². The molecule has 0 spiro atoms. The number of hydrogen-bond donors (Lipinski definition) is 2. The molecule has 5 unspecified atom stereocenters. The lowest BCUT2D eigenvalue weighted by atomic mass is 9.72. The molecule has 3 N–H and O–H groups in total. The van der Waals surface area contributed by atoms with E-state index in [-0.39, 0.29) is 0 Å². The van der Waals surface area contributed by atoms with Gasteiger partial charge in [0.1, 0.15) is 0 Å². The second-order valence-corrected chi connectivity index (χ2v) is 5.49. The molecule has 1 heterocycles. The predicted octanol–water partition coefficient (Wildman–Crippen LogP) is 2.14. The molecule has 2 rings (SSSR count). The predicted molar refractivity (Wildman–Crippen MR) is 64.7 cm³/mol. The monoisotopic (exact) mass is 210 g/mol. The molecular formula is C13H26N2. The van der Waals surface area contributed by atoms with Crippen LogP contribution in [0.15, 0.2) is 0 Å². The van der Waals surface area contributed by atoms with Gasteiger partial charge in [0.05, 0.1) is 0 Å². The Hall–Kier alpha value is -0.0800. The molecule has 88 valence electrons. The Balaban J connectivity index is 2.05. The molecule has 1 saturated carbocycles. The SMILES string of the molecule is CCC1CCCC2C(CCN)C(C)NC12. The summed E-state index contributed by atoms with van der Waals surface area (Å²) in [7, 11) is 0. The molecule has 15 heavy (non-hydrogen) atoms. The number of fused-ring (bicyclic) bond motifs is 1. The molecule has 2 heteroatoms. The molecule has 2 nitrogen and oxygen atoms in total. The summed E-state index contributed by atoms with van der Waals surface area (Å²) in [6.45, 7) is 5.55. The van der Waals surface area contributed by atoms with Crippen LogP contribution in [0.2, 0.25) is 0 Å². The second-order valence-electron chi connectivity index (χ2n) is 5.49. The maximum atomic E-state index is 5.73. The smallest absolute Gasteiger partial charge is 0.0129 e. The van der Waals surface area contributed by atoms with Gasteiger partial charge >= 0.3 is 0 Å². The Kier molecular flexibility index (Phi) is 3.68. The van der Waals surface area contributed by atoms with Crippen LogP contribution in [0.5, 0.6) is 0 Å². The quantitative estimate of drug-likeness (QED) is 0.749. The fraction of sp³-hybridized carbons (Fsp3) is 1.00. The van der Waals surface area contributed by atoms with Crippen molar-refractivity contribution in [1.82, 2.24) is 5.32 Å². The van der Waals surface area contributed by atoms with E-state index in [1.54, 1.807) is 0 Å². The minimum absolute atomic E-state index is 0.690. The number of nitrogens with one attached hydrogen (secondary N) is 1.